The van der Waals surface area contributed by atoms with Gasteiger partial charge in [0.15, 0.2) is 0 Å². The summed E-state index contributed by atoms with van der Waals surface area (Å²) in [4.78, 5) is 25.1. The molecule has 274 valence electrons. The van der Waals surface area contributed by atoms with E-state index in [1.54, 1.807) is 6.08 Å². The molecule has 1 amide bonds. The molecule has 0 aliphatic rings. The fourth-order valence-corrected chi connectivity index (χ4v) is 5.53. The Hall–Kier alpha value is -1.54. The average Bonchev–Trinajstić information content (AvgIpc) is 3.01. The number of likely N-dealkylation sites (N-methyl/N-ethyl adjacent to an activating group) is 1. The first-order valence-corrected chi connectivity index (χ1v) is 20.0. The molecule has 3 atom stereocenters. The second-order valence-corrected chi connectivity index (χ2v) is 15.0. The lowest BCUT2D eigenvalue weighted by Crippen LogP contribution is -2.45. The molecule has 0 rings (SSSR count). The van der Waals surface area contributed by atoms with Gasteiger partial charge in [0.1, 0.15) is 13.2 Å². The van der Waals surface area contributed by atoms with Gasteiger partial charge in [-0.05, 0) is 51.4 Å². The summed E-state index contributed by atoms with van der Waals surface area (Å²) in [6, 6.07) is -0.893. The predicted octanol–water partition coefficient (Wildman–Crippen LogP) is 8.72. The van der Waals surface area contributed by atoms with Crippen molar-refractivity contribution in [3.05, 3.63) is 48.6 Å². The average molecular weight is 683 g/mol. The van der Waals surface area contributed by atoms with E-state index in [0.717, 1.165) is 77.0 Å². The maximum atomic E-state index is 12.7. The van der Waals surface area contributed by atoms with E-state index >= 15 is 0 Å². The van der Waals surface area contributed by atoms with E-state index in [-0.39, 0.29) is 19.1 Å². The maximum Gasteiger partial charge on any atom is 0.268 e. The van der Waals surface area contributed by atoms with Gasteiger partial charge in [0, 0.05) is 6.42 Å². The molecule has 0 spiro atoms. The van der Waals surface area contributed by atoms with Crippen molar-refractivity contribution in [3.8, 4) is 0 Å². The SMILES string of the molecule is CC/C=C\C/C=C\C/C=C\CCCCCCCC(=O)NC(COP(=O)([O-])OCC[N+](C)(C)C)C(O)/C=C/CCCCCCCCCC. The quantitative estimate of drug-likeness (QED) is 0.0318. The predicted molar refractivity (Wildman–Crippen MR) is 196 cm³/mol. The molecule has 0 heterocycles. The summed E-state index contributed by atoms with van der Waals surface area (Å²) in [5, 5.41) is 13.6. The maximum absolute atomic E-state index is 12.7. The minimum absolute atomic E-state index is 0.00675. The standard InChI is InChI=1S/C38H71N2O6P/c1-6-8-10-12-14-16-18-19-20-21-22-24-26-28-30-32-38(42)39-36(35-46-47(43,44)45-34-33-40(3,4)5)37(41)31-29-27-25-23-17-15-13-11-9-7-2/h8,10,14,16,19-20,29,31,36-37,41H,6-7,9,11-13,15,17-18,21-28,30,32-35H2,1-5H3,(H-,39,42,43,44)/b10-8-,16-14-,20-19-,31-29+. The second-order valence-electron chi connectivity index (χ2n) is 13.5. The minimum Gasteiger partial charge on any atom is -0.756 e. The van der Waals surface area contributed by atoms with Gasteiger partial charge in [-0.15, -0.1) is 0 Å². The lowest BCUT2D eigenvalue weighted by molar-refractivity contribution is -0.870. The Balaban J connectivity index is 4.57. The van der Waals surface area contributed by atoms with Crippen molar-refractivity contribution in [1.82, 2.24) is 5.32 Å². The van der Waals surface area contributed by atoms with Crippen LogP contribution in [0.15, 0.2) is 48.6 Å². The Kier molecular flexibility index (Phi) is 29.5. The third-order valence-corrected chi connectivity index (χ3v) is 8.76. The lowest BCUT2D eigenvalue weighted by atomic mass is 10.1. The van der Waals surface area contributed by atoms with Crippen LogP contribution in [-0.2, 0) is 18.4 Å². The van der Waals surface area contributed by atoms with Crippen LogP contribution in [0.25, 0.3) is 0 Å². The molecule has 0 aliphatic carbocycles. The van der Waals surface area contributed by atoms with Gasteiger partial charge >= 0.3 is 0 Å². The van der Waals surface area contributed by atoms with Gasteiger partial charge in [-0.1, -0.05) is 127 Å². The molecule has 0 aromatic rings. The highest BCUT2D eigenvalue weighted by Gasteiger charge is 2.23. The molecule has 0 radical (unpaired) electrons. The van der Waals surface area contributed by atoms with Crippen LogP contribution < -0.4 is 10.2 Å². The first-order chi connectivity index (χ1) is 22.5. The zero-order valence-corrected chi connectivity index (χ0v) is 31.6. The molecule has 8 nitrogen and oxygen atoms in total. The molecule has 0 aromatic carbocycles. The second kappa shape index (κ2) is 30.5. The Morgan fingerprint density at radius 1 is 0.766 bits per heavy atom. The number of hydrogen-bond donors (Lipinski definition) is 2. The number of phosphoric ester groups is 1. The summed E-state index contributed by atoms with van der Waals surface area (Å²) < 4.78 is 23.0. The van der Waals surface area contributed by atoms with Crippen LogP contribution in [0.1, 0.15) is 136 Å². The normalized spacial score (nSPS) is 15.3. The highest BCUT2D eigenvalue weighted by molar-refractivity contribution is 7.45. The van der Waals surface area contributed by atoms with E-state index in [1.165, 1.54) is 38.5 Å². The fraction of sp³-hybridized carbons (Fsp3) is 0.763. The molecule has 0 aliphatic heterocycles. The van der Waals surface area contributed by atoms with Gasteiger partial charge in [0.05, 0.1) is 39.9 Å². The number of nitrogens with zero attached hydrogens (tertiary/aromatic N) is 1. The van der Waals surface area contributed by atoms with Crippen LogP contribution in [-0.4, -0.2) is 68.5 Å². The molecule has 47 heavy (non-hydrogen) atoms. The molecule has 0 saturated carbocycles. The number of aliphatic hydroxyl groups excluding tert-OH is 1. The smallest absolute Gasteiger partial charge is 0.268 e. The van der Waals surface area contributed by atoms with E-state index in [4.69, 9.17) is 9.05 Å². The summed E-state index contributed by atoms with van der Waals surface area (Å²) >= 11 is 0. The van der Waals surface area contributed by atoms with Gasteiger partial charge < -0.3 is 28.8 Å². The van der Waals surface area contributed by atoms with Crippen LogP contribution in [0, 0.1) is 0 Å². The van der Waals surface area contributed by atoms with Gasteiger partial charge in [-0.3, -0.25) is 9.36 Å². The van der Waals surface area contributed by atoms with E-state index in [0.29, 0.717) is 17.4 Å². The first kappa shape index (κ1) is 45.5. The monoisotopic (exact) mass is 683 g/mol. The van der Waals surface area contributed by atoms with E-state index in [2.05, 4.69) is 55.6 Å². The largest absolute Gasteiger partial charge is 0.756 e. The summed E-state index contributed by atoms with van der Waals surface area (Å²) in [5.41, 5.74) is 0. The molecule has 0 aromatic heterocycles. The number of carbonyl (C=O) groups excluding carboxylic acids is 1. The van der Waals surface area contributed by atoms with Gasteiger partial charge in [-0.25, -0.2) is 0 Å². The Labute approximate surface area is 289 Å². The zero-order valence-electron chi connectivity index (χ0n) is 30.7. The van der Waals surface area contributed by atoms with Crippen LogP contribution in [0.3, 0.4) is 0 Å². The summed E-state index contributed by atoms with van der Waals surface area (Å²) in [5.74, 6) is -0.220. The number of quaternary nitrogens is 1. The number of carbonyl (C=O) groups is 1. The molecule has 0 bridgehead atoms. The number of aliphatic hydroxyl groups is 1. The summed E-state index contributed by atoms with van der Waals surface area (Å²) in [6.45, 7) is 4.46. The Morgan fingerprint density at radius 2 is 1.30 bits per heavy atom. The first-order valence-electron chi connectivity index (χ1n) is 18.5. The van der Waals surface area contributed by atoms with Crippen molar-refractivity contribution in [1.29, 1.82) is 0 Å². The number of rotatable bonds is 32. The highest BCUT2D eigenvalue weighted by Crippen LogP contribution is 2.38. The molecule has 0 fully saturated rings. The summed E-state index contributed by atoms with van der Waals surface area (Å²) in [7, 11) is 1.24. The molecule has 2 N–H and O–H groups in total. The van der Waals surface area contributed by atoms with Crippen LogP contribution in [0.4, 0.5) is 0 Å². The molecule has 0 saturated heterocycles. The minimum atomic E-state index is -4.58. The number of phosphoric acid groups is 1. The van der Waals surface area contributed by atoms with Gasteiger partial charge in [0.2, 0.25) is 5.91 Å². The highest BCUT2D eigenvalue weighted by atomic mass is 31.2. The third kappa shape index (κ3) is 32.8. The Bertz CT molecular complexity index is 912. The fourth-order valence-electron chi connectivity index (χ4n) is 4.81. The van der Waals surface area contributed by atoms with Crippen molar-refractivity contribution >= 4 is 13.7 Å². The molecular formula is C38H71N2O6P. The van der Waals surface area contributed by atoms with Crippen molar-refractivity contribution in [2.24, 2.45) is 0 Å². The number of hydrogen-bond acceptors (Lipinski definition) is 6. The number of amides is 1. The lowest BCUT2D eigenvalue weighted by Gasteiger charge is -2.29. The van der Waals surface area contributed by atoms with Crippen molar-refractivity contribution in [2.75, 3.05) is 40.9 Å². The summed E-state index contributed by atoms with van der Waals surface area (Å²) in [6.07, 6.45) is 35.8. The van der Waals surface area contributed by atoms with Crippen molar-refractivity contribution < 1.29 is 32.9 Å². The van der Waals surface area contributed by atoms with Gasteiger partial charge in [0.25, 0.3) is 7.82 Å². The Morgan fingerprint density at radius 3 is 1.89 bits per heavy atom. The number of allylic oxidation sites excluding steroid dienone is 7. The number of nitrogens with one attached hydrogen (secondary N) is 1. The van der Waals surface area contributed by atoms with Crippen LogP contribution in [0.2, 0.25) is 0 Å². The van der Waals surface area contributed by atoms with Crippen molar-refractivity contribution in [3.63, 3.8) is 0 Å². The molecule has 3 unspecified atom stereocenters. The van der Waals surface area contributed by atoms with E-state index in [1.807, 2.05) is 27.2 Å². The van der Waals surface area contributed by atoms with Crippen LogP contribution in [0.5, 0.6) is 0 Å². The van der Waals surface area contributed by atoms with Crippen LogP contribution >= 0.6 is 7.82 Å². The topological polar surface area (TPSA) is 108 Å². The van der Waals surface area contributed by atoms with Gasteiger partial charge in [-0.2, -0.15) is 0 Å². The van der Waals surface area contributed by atoms with Crippen molar-refractivity contribution in [2.45, 2.75) is 148 Å². The van der Waals surface area contributed by atoms with E-state index in [9.17, 15) is 19.4 Å². The molecular weight excluding hydrogens is 611 g/mol. The molecule has 9 heteroatoms. The zero-order chi connectivity index (χ0) is 35.1. The third-order valence-electron chi connectivity index (χ3n) is 7.79. The number of unbranched alkanes of at least 4 members (excludes halogenated alkanes) is 13. The van der Waals surface area contributed by atoms with E-state index < -0.39 is 20.0 Å².